The van der Waals surface area contributed by atoms with Gasteiger partial charge < -0.3 is 10.6 Å². The Morgan fingerprint density at radius 1 is 0.750 bits per heavy atom. The van der Waals surface area contributed by atoms with Gasteiger partial charge in [0.2, 0.25) is 11.8 Å². The number of hydrogen-bond acceptors (Lipinski definition) is 4. The van der Waals surface area contributed by atoms with Crippen LogP contribution < -0.4 is 5.73 Å². The molecular weight excluding hydrogens is 350 g/mol. The lowest BCUT2D eigenvalue weighted by atomic mass is 9.83. The van der Waals surface area contributed by atoms with E-state index in [0.717, 1.165) is 30.8 Å². The minimum absolute atomic E-state index is 0.0879. The van der Waals surface area contributed by atoms with Gasteiger partial charge >= 0.3 is 0 Å². The highest BCUT2D eigenvalue weighted by Crippen LogP contribution is 2.41. The van der Waals surface area contributed by atoms with Gasteiger partial charge in [-0.15, -0.1) is 0 Å². The van der Waals surface area contributed by atoms with Gasteiger partial charge in [-0.05, 0) is 49.2 Å². The predicted molar refractivity (Wildman–Crippen MR) is 110 cm³/mol. The zero-order chi connectivity index (χ0) is 19.5. The second-order valence-corrected chi connectivity index (χ2v) is 7.76. The highest BCUT2D eigenvalue weighted by atomic mass is 16.2. The molecule has 5 nitrogen and oxygen atoms in total. The fraction of sp³-hybridized carbons (Fsp3) is 0.391. The third-order valence-electron chi connectivity index (χ3n) is 5.94. The monoisotopic (exact) mass is 377 g/mol. The zero-order valence-corrected chi connectivity index (χ0v) is 16.1. The number of piperidine rings is 1. The maximum absolute atomic E-state index is 13.3. The van der Waals surface area contributed by atoms with Gasteiger partial charge in [0.25, 0.3) is 0 Å². The summed E-state index contributed by atoms with van der Waals surface area (Å²) in [4.78, 5) is 30.5. The fourth-order valence-electron chi connectivity index (χ4n) is 4.41. The number of amides is 2. The Balaban J connectivity index is 1.61. The van der Waals surface area contributed by atoms with Gasteiger partial charge in [-0.1, -0.05) is 48.9 Å². The molecule has 0 unspecified atom stereocenters. The van der Waals surface area contributed by atoms with E-state index in [9.17, 15) is 9.59 Å². The van der Waals surface area contributed by atoms with Gasteiger partial charge in [-0.3, -0.25) is 14.5 Å². The van der Waals surface area contributed by atoms with Crippen LogP contribution in [0.3, 0.4) is 0 Å². The van der Waals surface area contributed by atoms with E-state index in [0.29, 0.717) is 12.2 Å². The van der Waals surface area contributed by atoms with Gasteiger partial charge in [-0.2, -0.15) is 0 Å². The van der Waals surface area contributed by atoms with Crippen molar-refractivity contribution in [2.45, 2.75) is 31.1 Å². The van der Waals surface area contributed by atoms with Crippen LogP contribution in [0, 0.1) is 0 Å². The Hall–Kier alpha value is -2.66. The average Bonchev–Trinajstić information content (AvgIpc) is 2.98. The predicted octanol–water partition coefficient (Wildman–Crippen LogP) is 2.99. The molecule has 28 heavy (non-hydrogen) atoms. The molecule has 2 aliphatic rings. The summed E-state index contributed by atoms with van der Waals surface area (Å²) < 4.78 is 0. The van der Waals surface area contributed by atoms with Gasteiger partial charge in [0, 0.05) is 18.8 Å². The van der Waals surface area contributed by atoms with Crippen LogP contribution >= 0.6 is 0 Å². The quantitative estimate of drug-likeness (QED) is 0.643. The smallest absolute Gasteiger partial charge is 0.237 e. The first-order valence-electron chi connectivity index (χ1n) is 10.1. The van der Waals surface area contributed by atoms with Crippen molar-refractivity contribution in [1.82, 2.24) is 9.80 Å². The average molecular weight is 377 g/mol. The summed E-state index contributed by atoms with van der Waals surface area (Å²) in [5.74, 6) is -1.15. The molecule has 2 saturated heterocycles. The van der Waals surface area contributed by atoms with Crippen molar-refractivity contribution in [3.63, 3.8) is 0 Å². The Morgan fingerprint density at radius 2 is 1.32 bits per heavy atom. The van der Waals surface area contributed by atoms with Crippen LogP contribution in [0.15, 0.2) is 54.6 Å². The molecule has 2 fully saturated rings. The Bertz CT molecular complexity index is 829. The summed E-state index contributed by atoms with van der Waals surface area (Å²) in [6.07, 6.45) is 3.67. The van der Waals surface area contributed by atoms with Crippen LogP contribution in [0.5, 0.6) is 0 Å². The number of rotatable bonds is 5. The van der Waals surface area contributed by atoms with Crippen molar-refractivity contribution >= 4 is 17.5 Å². The summed E-state index contributed by atoms with van der Waals surface area (Å²) >= 11 is 0. The number of nitrogen functional groups attached to an aromatic ring is 1. The number of carbonyl (C=O) groups excluding carboxylic acids is 2. The van der Waals surface area contributed by atoms with Gasteiger partial charge in [0.1, 0.15) is 0 Å². The topological polar surface area (TPSA) is 66.6 Å². The minimum Gasteiger partial charge on any atom is -0.399 e. The highest BCUT2D eigenvalue weighted by molar-refractivity contribution is 6.10. The number of carbonyl (C=O) groups is 2. The summed E-state index contributed by atoms with van der Waals surface area (Å²) in [5, 5.41) is 0. The van der Waals surface area contributed by atoms with Gasteiger partial charge in [0.05, 0.1) is 11.8 Å². The molecule has 0 bridgehead atoms. The summed E-state index contributed by atoms with van der Waals surface area (Å²) in [5.41, 5.74) is 8.22. The SMILES string of the molecule is Nc1ccc([C@@H]2C(=O)N(CCN3CCCCC3)C(=O)[C@@H]2c2ccccc2)cc1. The fourth-order valence-corrected chi connectivity index (χ4v) is 4.41. The molecule has 4 rings (SSSR count). The number of likely N-dealkylation sites (tertiary alicyclic amines) is 2. The van der Waals surface area contributed by atoms with Crippen molar-refractivity contribution < 1.29 is 9.59 Å². The summed E-state index contributed by atoms with van der Waals surface area (Å²) in [6.45, 7) is 3.33. The number of imide groups is 1. The Labute approximate surface area is 166 Å². The second-order valence-electron chi connectivity index (χ2n) is 7.76. The van der Waals surface area contributed by atoms with E-state index < -0.39 is 11.8 Å². The first kappa shape index (κ1) is 18.7. The molecule has 2 amide bonds. The van der Waals surface area contributed by atoms with E-state index in [1.54, 1.807) is 12.1 Å². The van der Waals surface area contributed by atoms with Crippen molar-refractivity contribution in [3.8, 4) is 0 Å². The molecule has 0 aliphatic carbocycles. The molecule has 146 valence electrons. The molecule has 5 heteroatoms. The van der Waals surface area contributed by atoms with E-state index in [2.05, 4.69) is 4.90 Å². The molecule has 2 aliphatic heterocycles. The van der Waals surface area contributed by atoms with Crippen molar-refractivity contribution in [2.75, 3.05) is 31.9 Å². The number of anilines is 1. The zero-order valence-electron chi connectivity index (χ0n) is 16.1. The van der Waals surface area contributed by atoms with Crippen LogP contribution in [-0.2, 0) is 9.59 Å². The first-order chi connectivity index (χ1) is 13.6. The van der Waals surface area contributed by atoms with Crippen LogP contribution in [0.25, 0.3) is 0 Å². The summed E-state index contributed by atoms with van der Waals surface area (Å²) in [7, 11) is 0. The minimum atomic E-state index is -0.489. The third kappa shape index (κ3) is 3.67. The molecule has 2 aromatic rings. The Kier molecular flexibility index (Phi) is 5.44. The number of benzene rings is 2. The van der Waals surface area contributed by atoms with Crippen LogP contribution in [0.1, 0.15) is 42.2 Å². The molecule has 2 N–H and O–H groups in total. The molecule has 2 heterocycles. The summed E-state index contributed by atoms with van der Waals surface area (Å²) in [6, 6.07) is 17.0. The molecule has 0 spiro atoms. The van der Waals surface area contributed by atoms with E-state index in [4.69, 9.17) is 5.73 Å². The maximum atomic E-state index is 13.3. The third-order valence-corrected chi connectivity index (χ3v) is 5.94. The van der Waals surface area contributed by atoms with Gasteiger partial charge in [0.15, 0.2) is 0 Å². The highest BCUT2D eigenvalue weighted by Gasteiger charge is 2.48. The van der Waals surface area contributed by atoms with Crippen LogP contribution in [0.4, 0.5) is 5.69 Å². The lowest BCUT2D eigenvalue weighted by Gasteiger charge is -2.28. The normalized spacial score (nSPS) is 23.4. The van der Waals surface area contributed by atoms with Gasteiger partial charge in [-0.25, -0.2) is 0 Å². The number of hydrogen-bond donors (Lipinski definition) is 1. The molecule has 2 atom stereocenters. The van der Waals surface area contributed by atoms with Crippen LogP contribution in [-0.4, -0.2) is 47.8 Å². The number of nitrogens with zero attached hydrogens (tertiary/aromatic N) is 2. The van der Waals surface area contributed by atoms with Crippen LogP contribution in [0.2, 0.25) is 0 Å². The van der Waals surface area contributed by atoms with E-state index in [1.807, 2.05) is 42.5 Å². The second kappa shape index (κ2) is 8.15. The molecule has 2 aromatic carbocycles. The lowest BCUT2D eigenvalue weighted by molar-refractivity contribution is -0.139. The van der Waals surface area contributed by atoms with Crippen molar-refractivity contribution in [3.05, 3.63) is 65.7 Å². The molecular formula is C23H27N3O2. The Morgan fingerprint density at radius 3 is 1.93 bits per heavy atom. The van der Waals surface area contributed by atoms with E-state index in [-0.39, 0.29) is 11.8 Å². The largest absolute Gasteiger partial charge is 0.399 e. The molecule has 0 radical (unpaired) electrons. The number of nitrogens with two attached hydrogens (primary N) is 1. The first-order valence-corrected chi connectivity index (χ1v) is 10.1. The van der Waals surface area contributed by atoms with Crippen molar-refractivity contribution in [1.29, 1.82) is 0 Å². The van der Waals surface area contributed by atoms with Crippen molar-refractivity contribution in [2.24, 2.45) is 0 Å². The maximum Gasteiger partial charge on any atom is 0.237 e. The van der Waals surface area contributed by atoms with E-state index >= 15 is 0 Å². The standard InChI is InChI=1S/C23H27N3O2/c24-19-11-9-18(10-12-19)21-20(17-7-3-1-4-8-17)22(27)26(23(21)28)16-15-25-13-5-2-6-14-25/h1,3-4,7-12,20-21H,2,5-6,13-16,24H2/t20-,21+/m1/s1. The molecule has 0 saturated carbocycles. The van der Waals surface area contributed by atoms with E-state index in [1.165, 1.54) is 24.2 Å². The lowest BCUT2D eigenvalue weighted by Crippen LogP contribution is -2.40. The molecule has 0 aromatic heterocycles.